The second-order valence-corrected chi connectivity index (χ2v) is 5.45. The predicted molar refractivity (Wildman–Crippen MR) is 74.8 cm³/mol. The summed E-state index contributed by atoms with van der Waals surface area (Å²) in [4.78, 5) is 18.1. The molecule has 0 aliphatic heterocycles. The Labute approximate surface area is 116 Å². The van der Waals surface area contributed by atoms with Crippen LogP contribution in [-0.4, -0.2) is 32.6 Å². The predicted octanol–water partition coefficient (Wildman–Crippen LogP) is 2.09. The highest BCUT2D eigenvalue weighted by Crippen LogP contribution is 2.11. The fourth-order valence-corrected chi connectivity index (χ4v) is 2.61. The highest BCUT2D eigenvalue weighted by molar-refractivity contribution is 7.09. The maximum absolute atomic E-state index is 12.0. The largest absolute Gasteiger partial charge is 0.339 e. The first kappa shape index (κ1) is 13.7. The number of thiazole rings is 1. The van der Waals surface area contributed by atoms with Crippen molar-refractivity contribution in [3.05, 3.63) is 34.5 Å². The minimum absolute atomic E-state index is 0.153. The molecular formula is C13H18N4OS. The summed E-state index contributed by atoms with van der Waals surface area (Å²) >= 11 is 1.60. The lowest BCUT2D eigenvalue weighted by Crippen LogP contribution is -2.26. The summed E-state index contributed by atoms with van der Waals surface area (Å²) < 4.78 is 1.84. The number of rotatable bonds is 6. The molecule has 6 heteroatoms. The molecule has 2 aromatic rings. The summed E-state index contributed by atoms with van der Waals surface area (Å²) in [6.07, 6.45) is 5.01. The molecule has 0 atom stereocenters. The van der Waals surface area contributed by atoms with Gasteiger partial charge in [-0.3, -0.25) is 9.48 Å². The monoisotopic (exact) mass is 278 g/mol. The van der Waals surface area contributed by atoms with E-state index in [9.17, 15) is 4.79 Å². The standard InChI is InChI=1S/C13H18N4OS/c1-11-10-19-12(15-11)9-16(2)13(18)5-3-7-17-8-4-6-14-17/h4,6,8,10H,3,5,7,9H2,1-2H3. The number of hydrogen-bond donors (Lipinski definition) is 0. The molecule has 0 unspecified atom stereocenters. The van der Waals surface area contributed by atoms with Crippen molar-refractivity contribution in [2.24, 2.45) is 0 Å². The van der Waals surface area contributed by atoms with E-state index in [-0.39, 0.29) is 5.91 Å². The third-order valence-corrected chi connectivity index (χ3v) is 3.75. The van der Waals surface area contributed by atoms with Crippen LogP contribution in [0.4, 0.5) is 0 Å². The van der Waals surface area contributed by atoms with Gasteiger partial charge in [0, 0.05) is 43.5 Å². The minimum atomic E-state index is 0.153. The van der Waals surface area contributed by atoms with Crippen molar-refractivity contribution in [1.82, 2.24) is 19.7 Å². The molecule has 0 aliphatic rings. The Bertz CT molecular complexity index is 520. The molecule has 0 radical (unpaired) electrons. The topological polar surface area (TPSA) is 51.0 Å². The molecule has 102 valence electrons. The number of carbonyl (C=O) groups excluding carboxylic acids is 1. The average molecular weight is 278 g/mol. The summed E-state index contributed by atoms with van der Waals surface area (Å²) in [5, 5.41) is 7.10. The van der Waals surface area contributed by atoms with Gasteiger partial charge < -0.3 is 4.90 Å². The number of aromatic nitrogens is 3. The zero-order chi connectivity index (χ0) is 13.7. The van der Waals surface area contributed by atoms with Crippen LogP contribution in [0.2, 0.25) is 0 Å². The van der Waals surface area contributed by atoms with Gasteiger partial charge in [-0.15, -0.1) is 11.3 Å². The molecule has 0 aliphatic carbocycles. The molecule has 2 heterocycles. The van der Waals surface area contributed by atoms with Crippen molar-refractivity contribution in [3.63, 3.8) is 0 Å². The van der Waals surface area contributed by atoms with Gasteiger partial charge in [-0.05, 0) is 19.4 Å². The minimum Gasteiger partial charge on any atom is -0.339 e. The number of hydrogen-bond acceptors (Lipinski definition) is 4. The van der Waals surface area contributed by atoms with Gasteiger partial charge >= 0.3 is 0 Å². The third-order valence-electron chi connectivity index (χ3n) is 2.80. The Balaban J connectivity index is 1.73. The van der Waals surface area contributed by atoms with Crippen LogP contribution in [0.25, 0.3) is 0 Å². The number of amides is 1. The van der Waals surface area contributed by atoms with Crippen molar-refractivity contribution < 1.29 is 4.79 Å². The Hall–Kier alpha value is -1.69. The molecule has 2 aromatic heterocycles. The lowest BCUT2D eigenvalue weighted by Gasteiger charge is -2.15. The van der Waals surface area contributed by atoms with Gasteiger partial charge in [0.25, 0.3) is 0 Å². The summed E-state index contributed by atoms with van der Waals surface area (Å²) in [7, 11) is 1.83. The molecule has 2 rings (SSSR count). The molecule has 1 amide bonds. The molecule has 0 N–H and O–H groups in total. The normalized spacial score (nSPS) is 10.6. The van der Waals surface area contributed by atoms with Crippen LogP contribution in [0.5, 0.6) is 0 Å². The van der Waals surface area contributed by atoms with Crippen molar-refractivity contribution in [2.75, 3.05) is 7.05 Å². The van der Waals surface area contributed by atoms with Crippen LogP contribution < -0.4 is 0 Å². The number of carbonyl (C=O) groups is 1. The fraction of sp³-hybridized carbons (Fsp3) is 0.462. The highest BCUT2D eigenvalue weighted by Gasteiger charge is 2.10. The lowest BCUT2D eigenvalue weighted by atomic mass is 10.3. The van der Waals surface area contributed by atoms with E-state index < -0.39 is 0 Å². The van der Waals surface area contributed by atoms with Gasteiger partial charge in [0.05, 0.1) is 6.54 Å². The number of nitrogens with zero attached hydrogens (tertiary/aromatic N) is 4. The van der Waals surface area contributed by atoms with Crippen molar-refractivity contribution in [3.8, 4) is 0 Å². The van der Waals surface area contributed by atoms with Gasteiger partial charge in [0.15, 0.2) is 0 Å². The molecule has 0 fully saturated rings. The second kappa shape index (κ2) is 6.47. The van der Waals surface area contributed by atoms with Crippen molar-refractivity contribution >= 4 is 17.2 Å². The first-order valence-electron chi connectivity index (χ1n) is 6.27. The van der Waals surface area contributed by atoms with Gasteiger partial charge in [0.2, 0.25) is 5.91 Å². The molecule has 19 heavy (non-hydrogen) atoms. The lowest BCUT2D eigenvalue weighted by molar-refractivity contribution is -0.130. The van der Waals surface area contributed by atoms with Crippen LogP contribution >= 0.6 is 11.3 Å². The Morgan fingerprint density at radius 3 is 3.00 bits per heavy atom. The summed E-state index contributed by atoms with van der Waals surface area (Å²) in [5.74, 6) is 0.153. The van der Waals surface area contributed by atoms with Crippen LogP contribution in [0, 0.1) is 6.92 Å². The zero-order valence-corrected chi connectivity index (χ0v) is 12.1. The average Bonchev–Trinajstić information content (AvgIpc) is 3.01. The van der Waals surface area contributed by atoms with E-state index in [1.807, 2.05) is 36.3 Å². The maximum Gasteiger partial charge on any atom is 0.222 e. The highest BCUT2D eigenvalue weighted by atomic mass is 32.1. The van der Waals surface area contributed by atoms with Gasteiger partial charge in [-0.25, -0.2) is 4.98 Å². The summed E-state index contributed by atoms with van der Waals surface area (Å²) in [6.45, 7) is 3.34. The molecule has 0 spiro atoms. The van der Waals surface area contributed by atoms with E-state index >= 15 is 0 Å². The zero-order valence-electron chi connectivity index (χ0n) is 11.2. The van der Waals surface area contributed by atoms with Crippen LogP contribution in [0.15, 0.2) is 23.8 Å². The van der Waals surface area contributed by atoms with E-state index in [1.54, 1.807) is 22.4 Å². The first-order valence-corrected chi connectivity index (χ1v) is 7.15. The SMILES string of the molecule is Cc1csc(CN(C)C(=O)CCCn2cccn2)n1. The van der Waals surface area contributed by atoms with E-state index in [0.717, 1.165) is 23.7 Å². The Morgan fingerprint density at radius 1 is 1.53 bits per heavy atom. The van der Waals surface area contributed by atoms with E-state index in [4.69, 9.17) is 0 Å². The molecule has 0 aromatic carbocycles. The molecule has 0 bridgehead atoms. The van der Waals surface area contributed by atoms with Gasteiger partial charge in [0.1, 0.15) is 5.01 Å². The van der Waals surface area contributed by atoms with Crippen molar-refractivity contribution in [2.45, 2.75) is 32.9 Å². The maximum atomic E-state index is 12.0. The van der Waals surface area contributed by atoms with Crippen LogP contribution in [-0.2, 0) is 17.9 Å². The van der Waals surface area contributed by atoms with Crippen LogP contribution in [0.3, 0.4) is 0 Å². The van der Waals surface area contributed by atoms with E-state index in [0.29, 0.717) is 13.0 Å². The molecule has 0 saturated carbocycles. The summed E-state index contributed by atoms with van der Waals surface area (Å²) in [5.41, 5.74) is 1.01. The molecule has 0 saturated heterocycles. The van der Waals surface area contributed by atoms with E-state index in [2.05, 4.69) is 10.1 Å². The van der Waals surface area contributed by atoms with E-state index in [1.165, 1.54) is 0 Å². The molecular weight excluding hydrogens is 260 g/mol. The van der Waals surface area contributed by atoms with Crippen LogP contribution in [0.1, 0.15) is 23.5 Å². The fourth-order valence-electron chi connectivity index (χ4n) is 1.78. The first-order chi connectivity index (χ1) is 9.15. The Kier molecular flexibility index (Phi) is 4.68. The molecule has 5 nitrogen and oxygen atoms in total. The smallest absolute Gasteiger partial charge is 0.222 e. The van der Waals surface area contributed by atoms with Crippen molar-refractivity contribution in [1.29, 1.82) is 0 Å². The number of aryl methyl sites for hydroxylation is 2. The van der Waals surface area contributed by atoms with Gasteiger partial charge in [-0.1, -0.05) is 0 Å². The third kappa shape index (κ3) is 4.17. The second-order valence-electron chi connectivity index (χ2n) is 4.51. The quantitative estimate of drug-likeness (QED) is 0.813. The summed E-state index contributed by atoms with van der Waals surface area (Å²) in [6, 6.07) is 1.89. The van der Waals surface area contributed by atoms with Gasteiger partial charge in [-0.2, -0.15) is 5.10 Å². The Morgan fingerprint density at radius 2 is 2.37 bits per heavy atom.